The maximum atomic E-state index is 8.61. The second kappa shape index (κ2) is 4.04. The van der Waals surface area contributed by atoms with Crippen molar-refractivity contribution in [1.82, 2.24) is 15.0 Å². The van der Waals surface area contributed by atoms with Gasteiger partial charge in [-0.2, -0.15) is 0 Å². The van der Waals surface area contributed by atoms with Gasteiger partial charge in [0.05, 0.1) is 12.8 Å². The monoisotopic (exact) mass is 230 g/mol. The highest BCUT2D eigenvalue weighted by Gasteiger charge is 2.05. The van der Waals surface area contributed by atoms with Crippen molar-refractivity contribution in [2.45, 2.75) is 0 Å². The molecule has 0 atom stereocenters. The molecule has 0 amide bonds. The minimum atomic E-state index is 0.0718. The summed E-state index contributed by atoms with van der Waals surface area (Å²) in [4.78, 5) is 12.8. The number of nitrogens with zero attached hydrogens (tertiary/aromatic N) is 3. The van der Waals surface area contributed by atoms with Crippen LogP contribution in [0.5, 0.6) is 0 Å². The van der Waals surface area contributed by atoms with Crippen molar-refractivity contribution in [3.8, 4) is 0 Å². The molecular formula is C7H7ClN4OS. The molecule has 14 heavy (non-hydrogen) atoms. The van der Waals surface area contributed by atoms with Gasteiger partial charge in [-0.15, -0.1) is 0 Å². The lowest BCUT2D eigenvalue weighted by Gasteiger charge is -1.95. The Labute approximate surface area is 88.8 Å². The van der Waals surface area contributed by atoms with Crippen LogP contribution in [0.1, 0.15) is 0 Å². The van der Waals surface area contributed by atoms with E-state index in [2.05, 4.69) is 20.3 Å². The summed E-state index contributed by atoms with van der Waals surface area (Å²) in [5.74, 6) is 0. The van der Waals surface area contributed by atoms with Gasteiger partial charge in [-0.05, 0) is 11.6 Å². The van der Waals surface area contributed by atoms with Gasteiger partial charge >= 0.3 is 0 Å². The Bertz CT molecular complexity index is 446. The third kappa shape index (κ3) is 1.92. The molecule has 0 aliphatic rings. The Morgan fingerprint density at radius 1 is 1.50 bits per heavy atom. The molecule has 0 unspecified atom stereocenters. The van der Waals surface area contributed by atoms with Gasteiger partial charge in [-0.3, -0.25) is 0 Å². The SMILES string of the molecule is OCCNc1nc2cnc(Cl)nc2s1. The number of aromatic nitrogens is 3. The number of hydrogen-bond donors (Lipinski definition) is 2. The van der Waals surface area contributed by atoms with Crippen molar-refractivity contribution in [3.63, 3.8) is 0 Å². The number of anilines is 1. The van der Waals surface area contributed by atoms with E-state index in [9.17, 15) is 0 Å². The van der Waals surface area contributed by atoms with E-state index in [1.807, 2.05) is 0 Å². The molecule has 2 N–H and O–H groups in total. The smallest absolute Gasteiger partial charge is 0.223 e. The van der Waals surface area contributed by atoms with Crippen molar-refractivity contribution in [2.24, 2.45) is 0 Å². The van der Waals surface area contributed by atoms with Crippen LogP contribution in [0, 0.1) is 0 Å². The van der Waals surface area contributed by atoms with Gasteiger partial charge in [0.1, 0.15) is 10.3 Å². The van der Waals surface area contributed by atoms with Crippen LogP contribution >= 0.6 is 22.9 Å². The van der Waals surface area contributed by atoms with Crippen molar-refractivity contribution in [1.29, 1.82) is 0 Å². The fraction of sp³-hybridized carbons (Fsp3) is 0.286. The van der Waals surface area contributed by atoms with E-state index >= 15 is 0 Å². The van der Waals surface area contributed by atoms with Crippen molar-refractivity contribution >= 4 is 38.4 Å². The molecule has 2 rings (SSSR count). The molecule has 2 aromatic rings. The van der Waals surface area contributed by atoms with Crippen molar-refractivity contribution < 1.29 is 5.11 Å². The first-order chi connectivity index (χ1) is 6.79. The summed E-state index contributed by atoms with van der Waals surface area (Å²) in [6.07, 6.45) is 1.57. The van der Waals surface area contributed by atoms with E-state index < -0.39 is 0 Å². The van der Waals surface area contributed by atoms with Gasteiger partial charge in [0.15, 0.2) is 5.13 Å². The molecule has 0 spiro atoms. The highest BCUT2D eigenvalue weighted by atomic mass is 35.5. The van der Waals surface area contributed by atoms with Crippen molar-refractivity contribution in [3.05, 3.63) is 11.5 Å². The number of nitrogens with one attached hydrogen (secondary N) is 1. The fourth-order valence-corrected chi connectivity index (χ4v) is 1.97. The van der Waals surface area contributed by atoms with E-state index in [1.165, 1.54) is 11.3 Å². The number of fused-ring (bicyclic) bond motifs is 1. The Kier molecular flexibility index (Phi) is 2.76. The standard InChI is InChI=1S/C7H7ClN4OS/c8-6-10-3-4-5(12-6)14-7(11-4)9-1-2-13/h3,13H,1-2H2,(H,9,11). The first-order valence-electron chi connectivity index (χ1n) is 3.93. The summed E-state index contributed by atoms with van der Waals surface area (Å²) in [7, 11) is 0. The van der Waals surface area contributed by atoms with E-state index in [0.29, 0.717) is 17.2 Å². The zero-order chi connectivity index (χ0) is 9.97. The number of halogens is 1. The average Bonchev–Trinajstić information content (AvgIpc) is 2.56. The number of rotatable bonds is 3. The topological polar surface area (TPSA) is 70.9 Å². The minimum Gasteiger partial charge on any atom is -0.395 e. The van der Waals surface area contributed by atoms with Crippen LogP contribution in [0.2, 0.25) is 5.28 Å². The second-order valence-electron chi connectivity index (χ2n) is 2.50. The van der Waals surface area contributed by atoms with Crippen LogP contribution in [-0.2, 0) is 0 Å². The highest BCUT2D eigenvalue weighted by Crippen LogP contribution is 2.23. The van der Waals surface area contributed by atoms with Gasteiger partial charge < -0.3 is 10.4 Å². The zero-order valence-corrected chi connectivity index (χ0v) is 8.64. The summed E-state index contributed by atoms with van der Waals surface area (Å²) >= 11 is 7.01. The number of thiazole rings is 1. The van der Waals surface area contributed by atoms with E-state index in [1.54, 1.807) is 6.20 Å². The largest absolute Gasteiger partial charge is 0.395 e. The van der Waals surface area contributed by atoms with E-state index in [4.69, 9.17) is 16.7 Å². The summed E-state index contributed by atoms with van der Waals surface area (Å²) in [5, 5.41) is 12.5. The molecule has 7 heteroatoms. The second-order valence-corrected chi connectivity index (χ2v) is 3.81. The summed E-state index contributed by atoms with van der Waals surface area (Å²) in [5.41, 5.74) is 0.708. The molecular weight excluding hydrogens is 224 g/mol. The molecule has 2 heterocycles. The third-order valence-electron chi connectivity index (χ3n) is 1.51. The van der Waals surface area contributed by atoms with Gasteiger partial charge in [-0.1, -0.05) is 11.3 Å². The van der Waals surface area contributed by atoms with E-state index in [0.717, 1.165) is 4.83 Å². The first kappa shape index (κ1) is 9.57. The number of aliphatic hydroxyl groups is 1. The number of hydrogen-bond acceptors (Lipinski definition) is 6. The molecule has 0 aliphatic carbocycles. The maximum absolute atomic E-state index is 8.61. The summed E-state index contributed by atoms with van der Waals surface area (Å²) < 4.78 is 0. The average molecular weight is 231 g/mol. The van der Waals surface area contributed by atoms with Gasteiger partial charge in [0, 0.05) is 6.54 Å². The van der Waals surface area contributed by atoms with Crippen LogP contribution < -0.4 is 5.32 Å². The van der Waals surface area contributed by atoms with Crippen LogP contribution in [0.15, 0.2) is 6.20 Å². The molecule has 0 fully saturated rings. The van der Waals surface area contributed by atoms with Gasteiger partial charge in [0.2, 0.25) is 5.28 Å². The lowest BCUT2D eigenvalue weighted by Crippen LogP contribution is -2.04. The van der Waals surface area contributed by atoms with Crippen molar-refractivity contribution in [2.75, 3.05) is 18.5 Å². The lowest BCUT2D eigenvalue weighted by atomic mass is 10.6. The molecule has 0 aromatic carbocycles. The third-order valence-corrected chi connectivity index (χ3v) is 2.61. The molecule has 0 aliphatic heterocycles. The Balaban J connectivity index is 2.32. The minimum absolute atomic E-state index is 0.0718. The Hall–Kier alpha value is -0.980. The molecule has 0 radical (unpaired) electrons. The molecule has 0 saturated heterocycles. The maximum Gasteiger partial charge on any atom is 0.223 e. The van der Waals surface area contributed by atoms with Crippen LogP contribution in [-0.4, -0.2) is 33.2 Å². The van der Waals surface area contributed by atoms with E-state index in [-0.39, 0.29) is 11.9 Å². The van der Waals surface area contributed by atoms with Gasteiger partial charge in [0.25, 0.3) is 0 Å². The quantitative estimate of drug-likeness (QED) is 0.774. The molecule has 0 bridgehead atoms. The molecule has 5 nitrogen and oxygen atoms in total. The van der Waals surface area contributed by atoms with Crippen LogP contribution in [0.4, 0.5) is 5.13 Å². The predicted molar refractivity (Wildman–Crippen MR) is 55.8 cm³/mol. The Morgan fingerprint density at radius 2 is 2.36 bits per heavy atom. The normalized spacial score (nSPS) is 10.7. The summed E-state index contributed by atoms with van der Waals surface area (Å²) in [6.45, 7) is 0.545. The predicted octanol–water partition coefficient (Wildman–Crippen LogP) is 1.14. The molecule has 0 saturated carbocycles. The highest BCUT2D eigenvalue weighted by molar-refractivity contribution is 7.21. The Morgan fingerprint density at radius 3 is 3.14 bits per heavy atom. The first-order valence-corrected chi connectivity index (χ1v) is 5.13. The van der Waals surface area contributed by atoms with Crippen LogP contribution in [0.25, 0.3) is 10.3 Å². The molecule has 74 valence electrons. The summed E-state index contributed by atoms with van der Waals surface area (Å²) in [6, 6.07) is 0. The van der Waals surface area contributed by atoms with Crippen LogP contribution in [0.3, 0.4) is 0 Å². The lowest BCUT2D eigenvalue weighted by molar-refractivity contribution is 0.311. The molecule has 2 aromatic heterocycles. The zero-order valence-electron chi connectivity index (χ0n) is 7.07. The fourth-order valence-electron chi connectivity index (χ4n) is 0.954. The number of aliphatic hydroxyl groups excluding tert-OH is 1. The van der Waals surface area contributed by atoms with Gasteiger partial charge in [-0.25, -0.2) is 15.0 Å².